The number of nitrogens with zero attached hydrogens (tertiary/aromatic N) is 4. The molecule has 0 radical (unpaired) electrons. The summed E-state index contributed by atoms with van der Waals surface area (Å²) >= 11 is 0. The number of hydrogen-bond acceptors (Lipinski definition) is 4. The molecule has 1 spiro atoms. The third kappa shape index (κ3) is 5.46. The first kappa shape index (κ1) is 22.8. The molecular weight excluding hydrogens is 477 g/mol. The predicted octanol–water partition coefficient (Wildman–Crippen LogP) is 3.96. The number of oxazole rings is 1. The van der Waals surface area contributed by atoms with E-state index in [0.29, 0.717) is 5.41 Å². The van der Waals surface area contributed by atoms with Crippen LogP contribution < -0.4 is 5.32 Å². The Labute approximate surface area is 192 Å². The molecule has 1 N–H and O–H groups in total. The predicted molar refractivity (Wildman–Crippen MR) is 128 cm³/mol. The van der Waals surface area contributed by atoms with Gasteiger partial charge in [-0.1, -0.05) is 12.8 Å². The number of aromatic nitrogens is 1. The Hall–Kier alpha value is -0.830. The maximum Gasteiger partial charge on any atom is 0.208 e. The van der Waals surface area contributed by atoms with Gasteiger partial charge in [0.1, 0.15) is 5.76 Å². The standard InChI is InChI=1S/C22H37N5O.HI/c1-17-18(2)28-20(25-17)15-26-11-6-19(7-12-26)14-24-21(23-3)27-13-10-22(16-27)8-4-5-9-22;/h19H,4-16H2,1-3H3,(H,23,24);1H. The molecule has 4 rings (SSSR count). The van der Waals surface area contributed by atoms with E-state index in [2.05, 4.69) is 25.1 Å². The molecule has 1 aromatic rings. The molecule has 29 heavy (non-hydrogen) atoms. The summed E-state index contributed by atoms with van der Waals surface area (Å²) in [5, 5.41) is 3.69. The van der Waals surface area contributed by atoms with Crippen molar-refractivity contribution in [1.82, 2.24) is 20.1 Å². The smallest absolute Gasteiger partial charge is 0.208 e. The summed E-state index contributed by atoms with van der Waals surface area (Å²) in [6.07, 6.45) is 9.49. The Bertz CT molecular complexity index is 670. The van der Waals surface area contributed by atoms with Gasteiger partial charge in [0.05, 0.1) is 12.2 Å². The van der Waals surface area contributed by atoms with Crippen molar-refractivity contribution < 1.29 is 4.42 Å². The topological polar surface area (TPSA) is 56.9 Å². The lowest BCUT2D eigenvalue weighted by atomic mass is 9.86. The zero-order chi connectivity index (χ0) is 19.6. The molecule has 0 unspecified atom stereocenters. The lowest BCUT2D eigenvalue weighted by molar-refractivity contribution is 0.163. The van der Waals surface area contributed by atoms with E-state index in [9.17, 15) is 0 Å². The Morgan fingerprint density at radius 2 is 1.90 bits per heavy atom. The van der Waals surface area contributed by atoms with Gasteiger partial charge in [0, 0.05) is 26.7 Å². The maximum atomic E-state index is 5.75. The van der Waals surface area contributed by atoms with Crippen molar-refractivity contribution in [2.45, 2.75) is 65.3 Å². The van der Waals surface area contributed by atoms with E-state index < -0.39 is 0 Å². The van der Waals surface area contributed by atoms with Gasteiger partial charge in [-0.05, 0) is 70.4 Å². The van der Waals surface area contributed by atoms with E-state index in [4.69, 9.17) is 4.42 Å². The highest BCUT2D eigenvalue weighted by Gasteiger charge is 2.41. The Morgan fingerprint density at radius 3 is 2.52 bits per heavy atom. The van der Waals surface area contributed by atoms with E-state index >= 15 is 0 Å². The minimum Gasteiger partial charge on any atom is -0.444 e. The summed E-state index contributed by atoms with van der Waals surface area (Å²) in [6, 6.07) is 0. The van der Waals surface area contributed by atoms with E-state index in [-0.39, 0.29) is 24.0 Å². The van der Waals surface area contributed by atoms with Crippen molar-refractivity contribution in [2.24, 2.45) is 16.3 Å². The van der Waals surface area contributed by atoms with Crippen LogP contribution in [0.15, 0.2) is 9.41 Å². The van der Waals surface area contributed by atoms with Gasteiger partial charge in [-0.3, -0.25) is 9.89 Å². The second-order valence-electron chi connectivity index (χ2n) is 9.28. The average molecular weight is 515 g/mol. The zero-order valence-electron chi connectivity index (χ0n) is 18.4. The first-order valence-corrected chi connectivity index (χ1v) is 11.2. The summed E-state index contributed by atoms with van der Waals surface area (Å²) in [6.45, 7) is 10.5. The second kappa shape index (κ2) is 9.98. The molecule has 0 atom stereocenters. The molecule has 3 heterocycles. The van der Waals surface area contributed by atoms with E-state index in [1.165, 1.54) is 58.0 Å². The molecule has 0 amide bonds. The number of aliphatic imine (C=N–C) groups is 1. The van der Waals surface area contributed by atoms with Crippen molar-refractivity contribution in [2.75, 3.05) is 39.8 Å². The van der Waals surface area contributed by atoms with E-state index in [0.717, 1.165) is 55.4 Å². The number of aryl methyl sites for hydroxylation is 2. The fraction of sp³-hybridized carbons (Fsp3) is 0.818. The van der Waals surface area contributed by atoms with Crippen LogP contribution in [-0.2, 0) is 6.54 Å². The Balaban J connectivity index is 0.00000240. The fourth-order valence-electron chi connectivity index (χ4n) is 5.36. The number of nitrogens with one attached hydrogen (secondary N) is 1. The van der Waals surface area contributed by atoms with Crippen LogP contribution >= 0.6 is 24.0 Å². The van der Waals surface area contributed by atoms with Crippen molar-refractivity contribution in [3.05, 3.63) is 17.3 Å². The van der Waals surface area contributed by atoms with Crippen LogP contribution in [-0.4, -0.2) is 60.5 Å². The highest BCUT2D eigenvalue weighted by atomic mass is 127. The molecule has 2 saturated heterocycles. The first-order valence-electron chi connectivity index (χ1n) is 11.2. The van der Waals surface area contributed by atoms with Gasteiger partial charge in [-0.25, -0.2) is 4.98 Å². The minimum absolute atomic E-state index is 0. The number of piperidine rings is 1. The minimum atomic E-state index is 0. The van der Waals surface area contributed by atoms with Gasteiger partial charge >= 0.3 is 0 Å². The van der Waals surface area contributed by atoms with Gasteiger partial charge in [0.15, 0.2) is 5.96 Å². The van der Waals surface area contributed by atoms with Crippen LogP contribution in [0, 0.1) is 25.2 Å². The third-order valence-electron chi connectivity index (χ3n) is 7.30. The quantitative estimate of drug-likeness (QED) is 0.374. The summed E-state index contributed by atoms with van der Waals surface area (Å²) in [7, 11) is 1.94. The van der Waals surface area contributed by atoms with Crippen LogP contribution in [0.1, 0.15) is 62.3 Å². The lowest BCUT2D eigenvalue weighted by Gasteiger charge is -2.32. The first-order chi connectivity index (χ1) is 13.6. The molecular formula is C22H38IN5O. The number of halogens is 1. The molecule has 2 aliphatic heterocycles. The molecule has 1 aliphatic carbocycles. The van der Waals surface area contributed by atoms with Crippen LogP contribution in [0.2, 0.25) is 0 Å². The van der Waals surface area contributed by atoms with Crippen LogP contribution in [0.3, 0.4) is 0 Å². The fourth-order valence-corrected chi connectivity index (χ4v) is 5.36. The summed E-state index contributed by atoms with van der Waals surface area (Å²) in [5.74, 6) is 3.66. The molecule has 6 nitrogen and oxygen atoms in total. The average Bonchev–Trinajstić information content (AvgIpc) is 3.40. The van der Waals surface area contributed by atoms with Gasteiger partial charge in [0.2, 0.25) is 5.89 Å². The SMILES string of the molecule is CN=C(NCC1CCN(Cc2nc(C)c(C)o2)CC1)N1CCC2(CCCC2)C1.I. The zero-order valence-corrected chi connectivity index (χ0v) is 20.7. The normalized spacial score (nSPS) is 23.0. The molecule has 0 aromatic carbocycles. The molecule has 3 aliphatic rings. The van der Waals surface area contributed by atoms with Crippen molar-refractivity contribution in [3.63, 3.8) is 0 Å². The largest absolute Gasteiger partial charge is 0.444 e. The molecule has 3 fully saturated rings. The lowest BCUT2D eigenvalue weighted by Crippen LogP contribution is -2.44. The second-order valence-corrected chi connectivity index (χ2v) is 9.28. The van der Waals surface area contributed by atoms with Crippen molar-refractivity contribution in [3.8, 4) is 0 Å². The molecule has 1 aromatic heterocycles. The van der Waals surface area contributed by atoms with E-state index in [1.54, 1.807) is 0 Å². The highest BCUT2D eigenvalue weighted by Crippen LogP contribution is 2.45. The molecule has 164 valence electrons. The summed E-state index contributed by atoms with van der Waals surface area (Å²) in [5.41, 5.74) is 1.61. The molecule has 1 saturated carbocycles. The van der Waals surface area contributed by atoms with Crippen LogP contribution in [0.25, 0.3) is 0 Å². The number of guanidine groups is 1. The summed E-state index contributed by atoms with van der Waals surface area (Å²) < 4.78 is 5.75. The van der Waals surface area contributed by atoms with Crippen molar-refractivity contribution >= 4 is 29.9 Å². The van der Waals surface area contributed by atoms with Crippen LogP contribution in [0.5, 0.6) is 0 Å². The summed E-state index contributed by atoms with van der Waals surface area (Å²) in [4.78, 5) is 14.1. The van der Waals surface area contributed by atoms with Crippen molar-refractivity contribution in [1.29, 1.82) is 0 Å². The third-order valence-corrected chi connectivity index (χ3v) is 7.30. The van der Waals surface area contributed by atoms with Crippen LogP contribution in [0.4, 0.5) is 0 Å². The van der Waals surface area contributed by atoms with E-state index in [1.807, 2.05) is 20.9 Å². The number of rotatable bonds is 4. The maximum absolute atomic E-state index is 5.75. The van der Waals surface area contributed by atoms with Gasteiger partial charge in [-0.2, -0.15) is 0 Å². The highest BCUT2D eigenvalue weighted by molar-refractivity contribution is 14.0. The molecule has 7 heteroatoms. The van der Waals surface area contributed by atoms with Gasteiger partial charge < -0.3 is 14.6 Å². The van der Waals surface area contributed by atoms with Gasteiger partial charge in [-0.15, -0.1) is 24.0 Å². The Morgan fingerprint density at radius 1 is 1.17 bits per heavy atom. The Kier molecular flexibility index (Phi) is 7.87. The van der Waals surface area contributed by atoms with Gasteiger partial charge in [0.25, 0.3) is 0 Å². The number of likely N-dealkylation sites (tertiary alicyclic amines) is 2. The number of hydrogen-bond donors (Lipinski definition) is 1. The molecule has 0 bridgehead atoms. The monoisotopic (exact) mass is 515 g/mol.